The molecule has 1 saturated heterocycles. The largest absolute Gasteiger partial charge is 0.477 e. The van der Waals surface area contributed by atoms with E-state index in [1.54, 1.807) is 6.08 Å². The normalized spacial score (nSPS) is 23.0. The van der Waals surface area contributed by atoms with Crippen molar-refractivity contribution in [3.63, 3.8) is 0 Å². The third-order valence-corrected chi connectivity index (χ3v) is 5.42. The molecule has 0 bridgehead atoms. The van der Waals surface area contributed by atoms with E-state index >= 15 is 0 Å². The van der Waals surface area contributed by atoms with E-state index in [-0.39, 0.29) is 11.6 Å². The molecule has 1 aliphatic heterocycles. The van der Waals surface area contributed by atoms with Gasteiger partial charge in [-0.1, -0.05) is 42.9 Å². The van der Waals surface area contributed by atoms with E-state index in [4.69, 9.17) is 5.11 Å². The summed E-state index contributed by atoms with van der Waals surface area (Å²) in [5.74, 6) is 0.361. The lowest BCUT2D eigenvalue weighted by atomic mass is 9.93. The topological polar surface area (TPSA) is 66.3 Å². The second-order valence-electron chi connectivity index (χ2n) is 7.47. The number of anilines is 1. The molecule has 8 heteroatoms. The zero-order chi connectivity index (χ0) is 21.0. The standard InChI is InChI=1S/C21H24F3N3O2/c1-2-14(6-4-3-5-8-21(22,23)24)15-10-16-12-27(13-17(16)11-15)20-25-9-7-18(26-20)19(28)29/h3-7,9-10,14,16-17H,2,8,11-13H2,1H3,(H,28,29)/b5-3-,6-4-/t14?,16-,17+/m1/s1. The molecule has 1 N–H and O–H groups in total. The third-order valence-electron chi connectivity index (χ3n) is 5.42. The molecule has 1 fully saturated rings. The average Bonchev–Trinajstić information content (AvgIpc) is 3.23. The summed E-state index contributed by atoms with van der Waals surface area (Å²) in [5, 5.41) is 9.10. The van der Waals surface area contributed by atoms with Gasteiger partial charge in [-0.2, -0.15) is 13.2 Å². The van der Waals surface area contributed by atoms with Crippen LogP contribution in [0.3, 0.4) is 0 Å². The number of alkyl halides is 3. The minimum absolute atomic E-state index is 0.0157. The van der Waals surface area contributed by atoms with Crippen molar-refractivity contribution in [2.45, 2.75) is 32.4 Å². The number of carboxylic acid groups (broad SMARTS) is 1. The Balaban J connectivity index is 1.60. The maximum absolute atomic E-state index is 12.2. The lowest BCUT2D eigenvalue weighted by Gasteiger charge is -2.18. The van der Waals surface area contributed by atoms with Gasteiger partial charge in [0.1, 0.15) is 0 Å². The van der Waals surface area contributed by atoms with Crippen LogP contribution < -0.4 is 4.90 Å². The molecule has 1 aliphatic carbocycles. The van der Waals surface area contributed by atoms with Crippen LogP contribution >= 0.6 is 0 Å². The van der Waals surface area contributed by atoms with E-state index in [1.165, 1.54) is 23.9 Å². The van der Waals surface area contributed by atoms with E-state index in [1.807, 2.05) is 11.0 Å². The number of allylic oxidation sites excluding steroid dienone is 5. The third kappa shape index (κ3) is 5.46. The monoisotopic (exact) mass is 407 g/mol. The van der Waals surface area contributed by atoms with E-state index in [2.05, 4.69) is 23.0 Å². The Bertz CT molecular complexity index is 833. The summed E-state index contributed by atoms with van der Waals surface area (Å²) in [6, 6.07) is 1.38. The Kier molecular flexibility index (Phi) is 6.39. The summed E-state index contributed by atoms with van der Waals surface area (Å²) in [5.41, 5.74) is 1.31. The van der Waals surface area contributed by atoms with Gasteiger partial charge in [0.05, 0.1) is 6.42 Å². The molecule has 1 aromatic heterocycles. The Morgan fingerprint density at radius 3 is 2.83 bits per heavy atom. The predicted molar refractivity (Wildman–Crippen MR) is 104 cm³/mol. The molecule has 2 aliphatic rings. The quantitative estimate of drug-likeness (QED) is 0.527. The molecule has 0 radical (unpaired) electrons. The fraction of sp³-hybridized carbons (Fsp3) is 0.476. The van der Waals surface area contributed by atoms with Crippen LogP contribution in [0, 0.1) is 17.8 Å². The fourth-order valence-corrected chi connectivity index (χ4v) is 4.01. The van der Waals surface area contributed by atoms with E-state index in [9.17, 15) is 18.0 Å². The molecule has 3 rings (SSSR count). The van der Waals surface area contributed by atoms with Crippen molar-refractivity contribution >= 4 is 11.9 Å². The summed E-state index contributed by atoms with van der Waals surface area (Å²) >= 11 is 0. The number of nitrogens with zero attached hydrogens (tertiary/aromatic N) is 3. The number of aromatic nitrogens is 2. The second-order valence-corrected chi connectivity index (χ2v) is 7.47. The maximum Gasteiger partial charge on any atom is 0.392 e. The molecule has 0 amide bonds. The van der Waals surface area contributed by atoms with Crippen LogP contribution in [-0.4, -0.2) is 40.3 Å². The Morgan fingerprint density at radius 1 is 1.38 bits per heavy atom. The van der Waals surface area contributed by atoms with E-state index in [0.29, 0.717) is 17.8 Å². The highest BCUT2D eigenvalue weighted by Gasteiger charge is 2.38. The number of hydrogen-bond donors (Lipinski definition) is 1. The van der Waals surface area contributed by atoms with Gasteiger partial charge in [0.2, 0.25) is 5.95 Å². The number of carboxylic acids is 1. The van der Waals surface area contributed by atoms with Crippen molar-refractivity contribution in [2.24, 2.45) is 17.8 Å². The lowest BCUT2D eigenvalue weighted by Crippen LogP contribution is -2.24. The van der Waals surface area contributed by atoms with Gasteiger partial charge in [-0.05, 0) is 36.7 Å². The van der Waals surface area contributed by atoms with Crippen LogP contribution in [0.15, 0.2) is 48.2 Å². The van der Waals surface area contributed by atoms with Crippen molar-refractivity contribution in [1.29, 1.82) is 0 Å². The SMILES string of the molecule is CCC(/C=C\C=C/CC(F)(F)F)C1=C[C@@H]2CN(c3nccc(C(=O)O)n3)C[C@@H]2C1. The van der Waals surface area contributed by atoms with E-state index in [0.717, 1.165) is 32.0 Å². The van der Waals surface area contributed by atoms with Gasteiger partial charge >= 0.3 is 12.1 Å². The average molecular weight is 407 g/mol. The van der Waals surface area contributed by atoms with Crippen molar-refractivity contribution in [3.05, 3.63) is 53.9 Å². The molecule has 3 atom stereocenters. The first-order valence-electron chi connectivity index (χ1n) is 9.68. The molecule has 1 aromatic rings. The molecule has 2 heterocycles. The number of carbonyl (C=O) groups is 1. The Hall–Kier alpha value is -2.64. The van der Waals surface area contributed by atoms with Crippen molar-refractivity contribution in [1.82, 2.24) is 9.97 Å². The molecular weight excluding hydrogens is 383 g/mol. The van der Waals surface area contributed by atoms with Gasteiger partial charge in [-0.25, -0.2) is 14.8 Å². The maximum atomic E-state index is 12.2. The molecule has 0 saturated carbocycles. The minimum atomic E-state index is -4.17. The molecule has 29 heavy (non-hydrogen) atoms. The number of hydrogen-bond acceptors (Lipinski definition) is 4. The highest BCUT2D eigenvalue weighted by atomic mass is 19.4. The smallest absolute Gasteiger partial charge is 0.392 e. The van der Waals surface area contributed by atoms with Crippen LogP contribution in [-0.2, 0) is 0 Å². The van der Waals surface area contributed by atoms with Crippen molar-refractivity contribution in [2.75, 3.05) is 18.0 Å². The van der Waals surface area contributed by atoms with Gasteiger partial charge in [0.15, 0.2) is 5.69 Å². The first kappa shape index (κ1) is 21.1. The first-order chi connectivity index (χ1) is 13.8. The predicted octanol–water partition coefficient (Wildman–Crippen LogP) is 4.65. The Morgan fingerprint density at radius 2 is 2.17 bits per heavy atom. The fourth-order valence-electron chi connectivity index (χ4n) is 4.01. The van der Waals surface area contributed by atoms with Gasteiger partial charge in [0.25, 0.3) is 0 Å². The van der Waals surface area contributed by atoms with Crippen LogP contribution in [0.2, 0.25) is 0 Å². The summed E-state index contributed by atoms with van der Waals surface area (Å²) in [7, 11) is 0. The molecular formula is C21H24F3N3O2. The number of fused-ring (bicyclic) bond motifs is 1. The molecule has 0 spiro atoms. The number of halogens is 3. The number of rotatable bonds is 7. The summed E-state index contributed by atoms with van der Waals surface area (Å²) in [6.45, 7) is 3.57. The van der Waals surface area contributed by atoms with Crippen LogP contribution in [0.5, 0.6) is 0 Å². The van der Waals surface area contributed by atoms with Crippen molar-refractivity contribution < 1.29 is 23.1 Å². The van der Waals surface area contributed by atoms with Gasteiger partial charge < -0.3 is 10.0 Å². The van der Waals surface area contributed by atoms with Gasteiger partial charge in [-0.3, -0.25) is 0 Å². The van der Waals surface area contributed by atoms with Crippen LogP contribution in [0.1, 0.15) is 36.7 Å². The molecule has 1 unspecified atom stereocenters. The lowest BCUT2D eigenvalue weighted by molar-refractivity contribution is -0.125. The molecule has 0 aromatic carbocycles. The first-order valence-corrected chi connectivity index (χ1v) is 9.68. The number of aromatic carboxylic acids is 1. The zero-order valence-electron chi connectivity index (χ0n) is 16.1. The Labute approximate surface area is 167 Å². The second kappa shape index (κ2) is 8.80. The highest BCUT2D eigenvalue weighted by molar-refractivity contribution is 5.85. The van der Waals surface area contributed by atoms with Crippen LogP contribution in [0.4, 0.5) is 19.1 Å². The summed E-state index contributed by atoms with van der Waals surface area (Å²) < 4.78 is 36.5. The van der Waals surface area contributed by atoms with E-state index < -0.39 is 18.6 Å². The van der Waals surface area contributed by atoms with Crippen molar-refractivity contribution in [3.8, 4) is 0 Å². The zero-order valence-corrected chi connectivity index (χ0v) is 16.1. The summed E-state index contributed by atoms with van der Waals surface area (Å²) in [6.07, 6.45) is 6.72. The highest BCUT2D eigenvalue weighted by Crippen LogP contribution is 2.41. The van der Waals surface area contributed by atoms with Crippen LogP contribution in [0.25, 0.3) is 0 Å². The molecule has 5 nitrogen and oxygen atoms in total. The molecule has 156 valence electrons. The van der Waals surface area contributed by atoms with Gasteiger partial charge in [0, 0.05) is 19.3 Å². The van der Waals surface area contributed by atoms with Gasteiger partial charge in [-0.15, -0.1) is 0 Å². The summed E-state index contributed by atoms with van der Waals surface area (Å²) in [4.78, 5) is 21.5. The minimum Gasteiger partial charge on any atom is -0.477 e.